The molecule has 0 aliphatic heterocycles. The Kier molecular flexibility index (Phi) is 6.68. The average molecular weight is 491 g/mol. The summed E-state index contributed by atoms with van der Waals surface area (Å²) in [6, 6.07) is 15.7. The topological polar surface area (TPSA) is 78.2 Å². The lowest BCUT2D eigenvalue weighted by Crippen LogP contribution is -2.17. The monoisotopic (exact) mass is 490 g/mol. The Labute approximate surface area is 215 Å². The molecule has 0 unspecified atom stereocenters. The van der Waals surface area contributed by atoms with E-state index in [0.717, 1.165) is 44.9 Å². The summed E-state index contributed by atoms with van der Waals surface area (Å²) in [4.78, 5) is 16.0. The molecule has 0 saturated carbocycles. The Morgan fingerprint density at radius 3 is 2.35 bits per heavy atom. The van der Waals surface area contributed by atoms with Crippen molar-refractivity contribution in [3.63, 3.8) is 0 Å². The van der Waals surface area contributed by atoms with Crippen LogP contribution >= 0.6 is 0 Å². The van der Waals surface area contributed by atoms with E-state index < -0.39 is 0 Å². The van der Waals surface area contributed by atoms with Crippen LogP contribution in [0.5, 0.6) is 11.5 Å². The molecule has 0 radical (unpaired) electrons. The third kappa shape index (κ3) is 5.36. The molecule has 0 atom stereocenters. The van der Waals surface area contributed by atoms with Crippen molar-refractivity contribution < 1.29 is 9.47 Å². The number of hydrogen-bond donors (Lipinski definition) is 0. The lowest BCUT2D eigenvalue weighted by molar-refractivity contribution is 0.394. The Balaban J connectivity index is 1.57. The zero-order valence-electron chi connectivity index (χ0n) is 21.1. The Hall–Kier alpha value is -4.90. The van der Waals surface area contributed by atoms with Gasteiger partial charge in [0, 0.05) is 54.6 Å². The lowest BCUT2D eigenvalue weighted by atomic mass is 10.2. The summed E-state index contributed by atoms with van der Waals surface area (Å²) in [7, 11) is 5.15. The van der Waals surface area contributed by atoms with Gasteiger partial charge in [-0.2, -0.15) is 5.10 Å². The molecular weight excluding hydrogens is 464 g/mol. The second-order valence-electron chi connectivity index (χ2n) is 8.51. The average Bonchev–Trinajstić information content (AvgIpc) is 3.37. The third-order valence-corrected chi connectivity index (χ3v) is 5.85. The molecule has 0 amide bonds. The fourth-order valence-corrected chi connectivity index (χ4v) is 3.89. The molecule has 0 spiro atoms. The normalized spacial score (nSPS) is 10.6. The van der Waals surface area contributed by atoms with Gasteiger partial charge in [-0.05, 0) is 42.7 Å². The van der Waals surface area contributed by atoms with E-state index in [9.17, 15) is 0 Å². The van der Waals surface area contributed by atoms with Gasteiger partial charge in [0.2, 0.25) is 0 Å². The van der Waals surface area contributed by atoms with Gasteiger partial charge < -0.3 is 14.4 Å². The second-order valence-corrected chi connectivity index (χ2v) is 8.51. The predicted molar refractivity (Wildman–Crippen MR) is 144 cm³/mol. The van der Waals surface area contributed by atoms with Gasteiger partial charge in [0.05, 0.1) is 49.9 Å². The highest BCUT2D eigenvalue weighted by molar-refractivity contribution is 5.83. The van der Waals surface area contributed by atoms with Gasteiger partial charge in [0.1, 0.15) is 17.2 Å². The summed E-state index contributed by atoms with van der Waals surface area (Å²) in [6.07, 6.45) is 7.28. The number of rotatable bonds is 6. The van der Waals surface area contributed by atoms with Crippen molar-refractivity contribution in [2.24, 2.45) is 7.05 Å². The summed E-state index contributed by atoms with van der Waals surface area (Å²) in [6.45, 7) is 2.41. The fourth-order valence-electron chi connectivity index (χ4n) is 3.89. The summed E-state index contributed by atoms with van der Waals surface area (Å²) < 4.78 is 12.8. The van der Waals surface area contributed by atoms with E-state index in [1.165, 1.54) is 0 Å². The number of anilines is 2. The molecule has 2 aromatic carbocycles. The Morgan fingerprint density at radius 1 is 0.865 bits per heavy atom. The summed E-state index contributed by atoms with van der Waals surface area (Å²) in [5.41, 5.74) is 6.84. The molecule has 0 fully saturated rings. The van der Waals surface area contributed by atoms with E-state index in [0.29, 0.717) is 18.0 Å². The molecule has 0 aliphatic carbocycles. The molecule has 8 nitrogen and oxygen atoms in total. The van der Waals surface area contributed by atoms with Gasteiger partial charge in [-0.1, -0.05) is 12.0 Å². The van der Waals surface area contributed by atoms with Crippen LogP contribution in [0.4, 0.5) is 11.4 Å². The van der Waals surface area contributed by atoms with Crippen molar-refractivity contribution >= 4 is 22.4 Å². The van der Waals surface area contributed by atoms with Crippen LogP contribution in [0.1, 0.15) is 11.3 Å². The maximum Gasteiger partial charge on any atom is 0.124 e. The van der Waals surface area contributed by atoms with E-state index in [1.807, 2.05) is 74.9 Å². The number of aryl methyl sites for hydroxylation is 2. The minimum absolute atomic E-state index is 0.410. The number of methoxy groups -OCH3 is 2. The first-order valence-corrected chi connectivity index (χ1v) is 11.7. The fraction of sp³-hybridized carbons (Fsp3) is 0.172. The zero-order valence-corrected chi connectivity index (χ0v) is 21.1. The van der Waals surface area contributed by atoms with Gasteiger partial charge in [-0.25, -0.2) is 9.97 Å². The van der Waals surface area contributed by atoms with E-state index in [1.54, 1.807) is 31.3 Å². The number of fused-ring (bicyclic) bond motifs is 1. The highest BCUT2D eigenvalue weighted by Gasteiger charge is 2.14. The van der Waals surface area contributed by atoms with Crippen LogP contribution in [-0.4, -0.2) is 45.5 Å². The van der Waals surface area contributed by atoms with Gasteiger partial charge in [-0.15, -0.1) is 0 Å². The maximum absolute atomic E-state index is 5.52. The molecule has 5 rings (SSSR count). The van der Waals surface area contributed by atoms with E-state index >= 15 is 0 Å². The number of benzene rings is 2. The van der Waals surface area contributed by atoms with Crippen LogP contribution in [0.15, 0.2) is 73.3 Å². The molecule has 3 aromatic heterocycles. The predicted octanol–water partition coefficient (Wildman–Crippen LogP) is 4.94. The van der Waals surface area contributed by atoms with Crippen LogP contribution < -0.4 is 14.4 Å². The van der Waals surface area contributed by atoms with Crippen LogP contribution in [0.25, 0.3) is 22.3 Å². The van der Waals surface area contributed by atoms with Crippen molar-refractivity contribution in [1.29, 1.82) is 0 Å². The first-order chi connectivity index (χ1) is 18.0. The number of hydrogen-bond acceptors (Lipinski definition) is 7. The highest BCUT2D eigenvalue weighted by atomic mass is 16.5. The summed E-state index contributed by atoms with van der Waals surface area (Å²) in [5, 5.41) is 4.25. The number of ether oxygens (including phenoxy) is 2. The minimum atomic E-state index is 0.410. The van der Waals surface area contributed by atoms with Crippen molar-refractivity contribution in [3.05, 3.63) is 84.6 Å². The van der Waals surface area contributed by atoms with Gasteiger partial charge in [0.25, 0.3) is 0 Å². The summed E-state index contributed by atoms with van der Waals surface area (Å²) in [5.74, 6) is 7.81. The van der Waals surface area contributed by atoms with Gasteiger partial charge in [-0.3, -0.25) is 9.67 Å². The largest absolute Gasteiger partial charge is 0.497 e. The number of pyridine rings is 1. The highest BCUT2D eigenvalue weighted by Crippen LogP contribution is 2.34. The van der Waals surface area contributed by atoms with Crippen LogP contribution in [0.3, 0.4) is 0 Å². The van der Waals surface area contributed by atoms with Crippen LogP contribution in [0, 0.1) is 18.8 Å². The molecule has 184 valence electrons. The molecular formula is C29H26N6O2. The lowest BCUT2D eigenvalue weighted by Gasteiger charge is -2.24. The number of aromatic nitrogens is 5. The van der Waals surface area contributed by atoms with E-state index in [-0.39, 0.29) is 0 Å². The van der Waals surface area contributed by atoms with Crippen LogP contribution in [-0.2, 0) is 7.05 Å². The van der Waals surface area contributed by atoms with Crippen LogP contribution in [0.2, 0.25) is 0 Å². The smallest absolute Gasteiger partial charge is 0.124 e. The number of nitrogens with zero attached hydrogens (tertiary/aromatic N) is 6. The molecule has 0 bridgehead atoms. The third-order valence-electron chi connectivity index (χ3n) is 5.85. The minimum Gasteiger partial charge on any atom is -0.497 e. The van der Waals surface area contributed by atoms with E-state index in [4.69, 9.17) is 14.5 Å². The quantitative estimate of drug-likeness (QED) is 0.312. The molecule has 5 aromatic rings. The van der Waals surface area contributed by atoms with Crippen molar-refractivity contribution in [2.75, 3.05) is 25.7 Å². The summed E-state index contributed by atoms with van der Waals surface area (Å²) >= 11 is 0. The molecule has 3 heterocycles. The molecule has 37 heavy (non-hydrogen) atoms. The Morgan fingerprint density at radius 2 is 1.68 bits per heavy atom. The molecule has 0 saturated heterocycles. The molecule has 8 heteroatoms. The SMILES string of the molecule is COc1cc(OC)cc(N(CC#Cc2ccc(C)cn2)c2ccc3ncc(-c4cnn(C)c4)nc3c2)c1. The van der Waals surface area contributed by atoms with Gasteiger partial charge in [0.15, 0.2) is 0 Å². The van der Waals surface area contributed by atoms with Crippen molar-refractivity contribution in [1.82, 2.24) is 24.7 Å². The van der Waals surface area contributed by atoms with E-state index in [2.05, 4.69) is 31.8 Å². The Bertz CT molecular complexity index is 1590. The first kappa shape index (κ1) is 23.8. The molecule has 0 N–H and O–H groups in total. The standard InChI is InChI=1S/C29H26N6O2/c1-20-7-8-22(30-16-20)6-5-11-35(24-12-25(36-3)15-26(13-24)37-4)23-9-10-27-28(14-23)33-29(18-31-27)21-17-32-34(2)19-21/h7-10,12-19H,11H2,1-4H3. The van der Waals surface area contributed by atoms with Crippen molar-refractivity contribution in [3.8, 4) is 34.6 Å². The first-order valence-electron chi connectivity index (χ1n) is 11.7. The van der Waals surface area contributed by atoms with Crippen molar-refractivity contribution in [2.45, 2.75) is 6.92 Å². The molecule has 0 aliphatic rings. The van der Waals surface area contributed by atoms with Gasteiger partial charge >= 0.3 is 0 Å². The zero-order chi connectivity index (χ0) is 25.8. The second kappa shape index (κ2) is 10.4. The maximum atomic E-state index is 5.52.